The van der Waals surface area contributed by atoms with Crippen LogP contribution < -0.4 is 0 Å². The summed E-state index contributed by atoms with van der Waals surface area (Å²) in [7, 11) is 0. The van der Waals surface area contributed by atoms with Gasteiger partial charge >= 0.3 is 138 Å². The van der Waals surface area contributed by atoms with Crippen LogP contribution in [-0.2, 0) is 5.37 Å². The summed E-state index contributed by atoms with van der Waals surface area (Å²) in [5, 5.41) is 4.39. The standard InChI is InChI=1S/2C6H11AsO2.Pb/c2*8-6(9)7-4-2-1-3-5-7;/h2*1-5H2,(H,8,9);/q;;+2/p-2. The molecule has 0 bridgehead atoms. The fourth-order valence-electron chi connectivity index (χ4n) is 2.37. The van der Waals surface area contributed by atoms with Crippen molar-refractivity contribution in [3.05, 3.63) is 0 Å². The van der Waals surface area contributed by atoms with Gasteiger partial charge in [0.15, 0.2) is 0 Å². The first-order valence-electron chi connectivity index (χ1n) is 6.94. The number of carbonyl (C=O) groups excluding carboxylic acids is 2. The number of hydrogen-bond donors (Lipinski definition) is 0. The first-order chi connectivity index (χ1) is 9.27. The molecule has 19 heavy (non-hydrogen) atoms. The molecule has 0 saturated carbocycles. The van der Waals surface area contributed by atoms with Crippen LogP contribution in [0.1, 0.15) is 38.5 Å². The van der Waals surface area contributed by atoms with Crippen LogP contribution in [0.4, 0.5) is 9.59 Å². The molecule has 2 aliphatic rings. The third-order valence-electron chi connectivity index (χ3n) is 3.49. The van der Waals surface area contributed by atoms with E-state index in [0.29, 0.717) is 0 Å². The summed E-state index contributed by atoms with van der Waals surface area (Å²) < 4.78 is 10.8. The molecule has 0 spiro atoms. The maximum absolute atomic E-state index is 11.9. The van der Waals surface area contributed by atoms with Gasteiger partial charge in [0.1, 0.15) is 0 Å². The zero-order chi connectivity index (χ0) is 13.5. The molecule has 2 aliphatic heterocycles. The average Bonchev–Trinajstić information content (AvgIpc) is 2.49. The van der Waals surface area contributed by atoms with Crippen LogP contribution in [0.5, 0.6) is 0 Å². The van der Waals surface area contributed by atoms with Crippen LogP contribution in [0.15, 0.2) is 0 Å². The molecule has 0 aliphatic carbocycles. The molecule has 0 amide bonds. The Hall–Kier alpha value is 0.979. The number of hydrogen-bond acceptors (Lipinski definition) is 4. The summed E-state index contributed by atoms with van der Waals surface area (Å²) in [5.74, 6) is 0. The molecule has 2 fully saturated rings. The molecule has 0 aromatic rings. The van der Waals surface area contributed by atoms with Crippen LogP contribution in [0.3, 0.4) is 0 Å². The van der Waals surface area contributed by atoms with Gasteiger partial charge < -0.3 is 0 Å². The molecule has 2 radical (unpaired) electrons. The van der Waals surface area contributed by atoms with Crippen LogP contribution >= 0.6 is 0 Å². The third kappa shape index (κ3) is 5.70. The third-order valence-corrected chi connectivity index (χ3v) is 18.2. The van der Waals surface area contributed by atoms with Gasteiger partial charge in [-0.15, -0.1) is 0 Å². The topological polar surface area (TPSA) is 52.6 Å². The fraction of sp³-hybridized carbons (Fsp3) is 0.833. The van der Waals surface area contributed by atoms with E-state index >= 15 is 0 Å². The molecule has 0 N–H and O–H groups in total. The molecular formula is C12H20As2O4Pb. The second-order valence-corrected chi connectivity index (χ2v) is 17.0. The van der Waals surface area contributed by atoms with Gasteiger partial charge in [-0.2, -0.15) is 0 Å². The van der Waals surface area contributed by atoms with E-state index < -0.39 is 54.4 Å². The van der Waals surface area contributed by atoms with E-state index in [9.17, 15) is 9.59 Å². The minimum atomic E-state index is -1.91. The Morgan fingerprint density at radius 2 is 1.05 bits per heavy atom. The van der Waals surface area contributed by atoms with Crippen molar-refractivity contribution in [3.63, 3.8) is 0 Å². The first kappa shape index (κ1) is 16.4. The Bertz CT molecular complexity index is 285. The minimum absolute atomic E-state index is 0.0504. The molecule has 4 nitrogen and oxygen atoms in total. The van der Waals surface area contributed by atoms with Gasteiger partial charge in [-0.25, -0.2) is 0 Å². The van der Waals surface area contributed by atoms with E-state index in [4.69, 9.17) is 5.37 Å². The molecule has 0 aromatic carbocycles. The van der Waals surface area contributed by atoms with Gasteiger partial charge in [0.25, 0.3) is 0 Å². The Morgan fingerprint density at radius 1 is 0.684 bits per heavy atom. The molecule has 7 heteroatoms. The zero-order valence-corrected chi connectivity index (χ0v) is 18.7. The van der Waals surface area contributed by atoms with Crippen molar-refractivity contribution >= 4 is 64.0 Å². The van der Waals surface area contributed by atoms with Crippen molar-refractivity contribution < 1.29 is 15.0 Å². The van der Waals surface area contributed by atoms with Crippen molar-refractivity contribution in [2.75, 3.05) is 0 Å². The molecule has 0 unspecified atom stereocenters. The molecular weight excluding hydrogens is 565 g/mol. The summed E-state index contributed by atoms with van der Waals surface area (Å²) in [5.41, 5.74) is 0. The Morgan fingerprint density at radius 3 is 1.42 bits per heavy atom. The Balaban J connectivity index is 1.62. The summed E-state index contributed by atoms with van der Waals surface area (Å²) in [6.07, 6.45) is 7.30. The van der Waals surface area contributed by atoms with E-state index in [1.165, 1.54) is 38.5 Å². The van der Waals surface area contributed by atoms with Gasteiger partial charge in [-0.1, -0.05) is 0 Å². The molecule has 2 saturated heterocycles. The second-order valence-electron chi connectivity index (χ2n) is 4.91. The van der Waals surface area contributed by atoms with E-state index in [1.807, 2.05) is 0 Å². The van der Waals surface area contributed by atoms with E-state index in [2.05, 4.69) is 0 Å². The van der Waals surface area contributed by atoms with E-state index in [1.54, 1.807) is 0 Å². The zero-order valence-electron chi connectivity index (χ0n) is 11.1. The SMILES string of the molecule is O=C([O][Pb][O]C(=O)[As]1CCCCC1)[As]1CCCCC1. The summed E-state index contributed by atoms with van der Waals surface area (Å²) in [6, 6.07) is 0. The van der Waals surface area contributed by atoms with Gasteiger partial charge in [-0.05, 0) is 0 Å². The molecule has 2 rings (SSSR count). The molecule has 2 heterocycles. The second kappa shape index (κ2) is 9.09. The predicted octanol–water partition coefficient (Wildman–Crippen LogP) is 3.31. The van der Waals surface area contributed by atoms with Gasteiger partial charge in [0, 0.05) is 0 Å². The van der Waals surface area contributed by atoms with Crippen LogP contribution in [-0.4, -0.2) is 64.0 Å². The normalized spacial score (nSPS) is 21.9. The number of carbonyl (C=O) groups is 2. The van der Waals surface area contributed by atoms with Crippen molar-refractivity contribution in [1.29, 1.82) is 0 Å². The van der Waals surface area contributed by atoms with Gasteiger partial charge in [0.2, 0.25) is 0 Å². The molecule has 0 aromatic heterocycles. The molecule has 0 atom stereocenters. The predicted molar refractivity (Wildman–Crippen MR) is 77.2 cm³/mol. The molecule has 106 valence electrons. The first-order valence-corrected chi connectivity index (χ1v) is 17.3. The van der Waals surface area contributed by atoms with Gasteiger partial charge in [-0.3, -0.25) is 0 Å². The van der Waals surface area contributed by atoms with Crippen LogP contribution in [0, 0.1) is 0 Å². The van der Waals surface area contributed by atoms with Crippen LogP contribution in [0.2, 0.25) is 20.8 Å². The van der Waals surface area contributed by atoms with Crippen molar-refractivity contribution in [3.8, 4) is 0 Å². The summed E-state index contributed by atoms with van der Waals surface area (Å²) in [6.45, 7) is 0. The summed E-state index contributed by atoms with van der Waals surface area (Å²) >= 11 is -4.66. The van der Waals surface area contributed by atoms with Crippen molar-refractivity contribution in [1.82, 2.24) is 0 Å². The monoisotopic (exact) mass is 586 g/mol. The number of rotatable bonds is 4. The van der Waals surface area contributed by atoms with Crippen molar-refractivity contribution in [2.24, 2.45) is 0 Å². The quantitative estimate of drug-likeness (QED) is 0.476. The Kier molecular flexibility index (Phi) is 7.82. The maximum atomic E-state index is 11.9. The Labute approximate surface area is 137 Å². The fourth-order valence-corrected chi connectivity index (χ4v) is 17.8. The van der Waals surface area contributed by atoms with Gasteiger partial charge in [0.05, 0.1) is 0 Å². The van der Waals surface area contributed by atoms with Crippen molar-refractivity contribution in [2.45, 2.75) is 59.4 Å². The average molecular weight is 585 g/mol. The van der Waals surface area contributed by atoms with E-state index in [0.717, 1.165) is 20.8 Å². The summed E-state index contributed by atoms with van der Waals surface area (Å²) in [4.78, 5) is 23.7. The van der Waals surface area contributed by atoms with Crippen LogP contribution in [0.25, 0.3) is 0 Å². The van der Waals surface area contributed by atoms with E-state index in [-0.39, 0.29) is 9.51 Å².